The lowest BCUT2D eigenvalue weighted by atomic mass is 9.95. The molecule has 0 fully saturated rings. The highest BCUT2D eigenvalue weighted by Crippen LogP contribution is 2.43. The number of rotatable bonds is 6. The summed E-state index contributed by atoms with van der Waals surface area (Å²) in [4.78, 5) is 19.2. The highest BCUT2D eigenvalue weighted by Gasteiger charge is 2.38. The van der Waals surface area contributed by atoms with Crippen LogP contribution in [0.2, 0.25) is 0 Å². The molecular weight excluding hydrogens is 536 g/mol. The summed E-state index contributed by atoms with van der Waals surface area (Å²) in [7, 11) is 1.75. The van der Waals surface area contributed by atoms with Gasteiger partial charge in [0.2, 0.25) is 5.95 Å². The number of benzene rings is 2. The number of alkyl halides is 6. The lowest BCUT2D eigenvalue weighted by Gasteiger charge is -2.24. The van der Waals surface area contributed by atoms with E-state index in [2.05, 4.69) is 9.97 Å². The Hall–Kier alpha value is -4.11. The molecule has 0 spiro atoms. The fourth-order valence-corrected chi connectivity index (χ4v) is 4.08. The van der Waals surface area contributed by atoms with Gasteiger partial charge >= 0.3 is 18.3 Å². The molecule has 4 aromatic rings. The van der Waals surface area contributed by atoms with E-state index in [9.17, 15) is 36.6 Å². The first-order valence-electron chi connectivity index (χ1n) is 11.2. The van der Waals surface area contributed by atoms with E-state index in [4.69, 9.17) is 15.6 Å². The molecule has 2 aromatic carbocycles. The molecule has 5 N–H and O–H groups in total. The minimum atomic E-state index is -5.08. The molecule has 4 rings (SSSR count). The highest BCUT2D eigenvalue weighted by atomic mass is 19.4. The molecule has 0 unspecified atom stereocenters. The van der Waals surface area contributed by atoms with Gasteiger partial charge in [-0.25, -0.2) is 9.78 Å². The molecule has 0 aliphatic rings. The molecular formula is C24H23F6N5O4. The standard InChI is InChI=1S/C22H22F3N5O2.C2HF3O2/c1-29-7-6-14-18-17(27-21(26)28-20(18)30(8-10-31)9-11-32)12-15(19(14)29)13-4-2-3-5-16(13)22(23,24)25;3-2(4,5)1(6)7/h2-7,12,31-32H,8-11H2,1H3,(H2,26,27,28);(H,6,7). The average molecular weight is 559 g/mol. The molecule has 0 aliphatic heterocycles. The summed E-state index contributed by atoms with van der Waals surface area (Å²) in [5, 5.41) is 27.3. The molecule has 0 aliphatic carbocycles. The van der Waals surface area contributed by atoms with Gasteiger partial charge in [0, 0.05) is 37.3 Å². The maximum absolute atomic E-state index is 13.8. The van der Waals surface area contributed by atoms with Crippen LogP contribution >= 0.6 is 0 Å². The molecule has 210 valence electrons. The van der Waals surface area contributed by atoms with Gasteiger partial charge in [-0.15, -0.1) is 0 Å². The summed E-state index contributed by atoms with van der Waals surface area (Å²) >= 11 is 0. The molecule has 2 aromatic heterocycles. The van der Waals surface area contributed by atoms with Gasteiger partial charge in [0.1, 0.15) is 5.82 Å². The van der Waals surface area contributed by atoms with Crippen LogP contribution in [0, 0.1) is 0 Å². The minimum Gasteiger partial charge on any atom is -0.475 e. The first-order chi connectivity index (χ1) is 18.2. The van der Waals surface area contributed by atoms with E-state index < -0.39 is 23.9 Å². The number of anilines is 2. The SMILES string of the molecule is Cn1ccc2c3c(N(CCO)CCO)nc(N)nc3cc(-c3ccccc3C(F)(F)F)c21.O=C(O)C(F)(F)F. The van der Waals surface area contributed by atoms with Crippen molar-refractivity contribution in [1.29, 1.82) is 0 Å². The zero-order chi connectivity index (χ0) is 29.1. The predicted octanol–water partition coefficient (Wildman–Crippen LogP) is 3.81. The number of halogens is 6. The monoisotopic (exact) mass is 559 g/mol. The van der Waals surface area contributed by atoms with Crippen molar-refractivity contribution in [2.45, 2.75) is 12.4 Å². The van der Waals surface area contributed by atoms with Crippen molar-refractivity contribution in [3.8, 4) is 11.1 Å². The molecule has 0 saturated heterocycles. The lowest BCUT2D eigenvalue weighted by Crippen LogP contribution is -2.31. The number of aliphatic hydroxyl groups is 2. The van der Waals surface area contributed by atoms with Gasteiger partial charge in [0.15, 0.2) is 0 Å². The third-order valence-corrected chi connectivity index (χ3v) is 5.62. The van der Waals surface area contributed by atoms with Gasteiger partial charge in [0.05, 0.1) is 35.2 Å². The van der Waals surface area contributed by atoms with Gasteiger partial charge in [-0.2, -0.15) is 31.3 Å². The molecule has 0 radical (unpaired) electrons. The number of nitrogens with two attached hydrogens (primary N) is 1. The number of hydrogen-bond donors (Lipinski definition) is 4. The smallest absolute Gasteiger partial charge is 0.475 e. The molecule has 0 atom stereocenters. The van der Waals surface area contributed by atoms with Crippen LogP contribution in [0.15, 0.2) is 42.6 Å². The Balaban J connectivity index is 0.000000532. The van der Waals surface area contributed by atoms with Crippen LogP contribution in [-0.4, -0.2) is 68.3 Å². The van der Waals surface area contributed by atoms with Gasteiger partial charge in [-0.3, -0.25) is 0 Å². The molecule has 15 heteroatoms. The third kappa shape index (κ3) is 6.31. The zero-order valence-corrected chi connectivity index (χ0v) is 20.3. The van der Waals surface area contributed by atoms with Crippen molar-refractivity contribution >= 4 is 39.5 Å². The number of carboxylic acids is 1. The summed E-state index contributed by atoms with van der Waals surface area (Å²) in [6.07, 6.45) is -7.86. The largest absolute Gasteiger partial charge is 0.490 e. The third-order valence-electron chi connectivity index (χ3n) is 5.62. The summed E-state index contributed by atoms with van der Waals surface area (Å²) < 4.78 is 74.8. The Labute approximate surface area is 216 Å². The Kier molecular flexibility index (Phi) is 8.55. The van der Waals surface area contributed by atoms with Crippen molar-refractivity contribution in [3.05, 3.63) is 48.2 Å². The lowest BCUT2D eigenvalue weighted by molar-refractivity contribution is -0.192. The maximum Gasteiger partial charge on any atom is 0.490 e. The number of nitrogen functional groups attached to an aromatic ring is 1. The van der Waals surface area contributed by atoms with Gasteiger partial charge in [-0.1, -0.05) is 18.2 Å². The number of aryl methyl sites for hydroxylation is 1. The van der Waals surface area contributed by atoms with E-state index >= 15 is 0 Å². The van der Waals surface area contributed by atoms with E-state index in [1.807, 2.05) is 0 Å². The first kappa shape index (κ1) is 29.4. The molecule has 0 bridgehead atoms. The number of carboxylic acid groups (broad SMARTS) is 1. The second-order valence-electron chi connectivity index (χ2n) is 8.19. The normalized spacial score (nSPS) is 11.9. The highest BCUT2D eigenvalue weighted by molar-refractivity contribution is 6.16. The Bertz CT molecular complexity index is 1480. The maximum atomic E-state index is 13.8. The first-order valence-corrected chi connectivity index (χ1v) is 11.2. The summed E-state index contributed by atoms with van der Waals surface area (Å²) in [6.45, 7) is 0.0267. The van der Waals surface area contributed by atoms with Crippen molar-refractivity contribution < 1.29 is 46.5 Å². The van der Waals surface area contributed by atoms with E-state index in [1.54, 1.807) is 40.9 Å². The number of aromatic nitrogens is 3. The van der Waals surface area contributed by atoms with Crippen LogP contribution in [0.1, 0.15) is 5.56 Å². The number of nitrogens with zero attached hydrogens (tertiary/aromatic N) is 4. The predicted molar refractivity (Wildman–Crippen MR) is 131 cm³/mol. The Morgan fingerprint density at radius 3 is 2.13 bits per heavy atom. The van der Waals surface area contributed by atoms with Gasteiger partial charge in [-0.05, 0) is 23.8 Å². The van der Waals surface area contributed by atoms with Gasteiger partial charge in [0.25, 0.3) is 0 Å². The second kappa shape index (κ2) is 11.3. The number of fused-ring (bicyclic) bond motifs is 3. The topological polar surface area (TPSA) is 138 Å². The molecule has 0 saturated carbocycles. The van der Waals surface area contributed by atoms with Crippen LogP contribution in [-0.2, 0) is 18.0 Å². The fraction of sp³-hybridized carbons (Fsp3) is 0.292. The number of carbonyl (C=O) groups is 1. The molecule has 9 nitrogen and oxygen atoms in total. The Morgan fingerprint density at radius 1 is 1.00 bits per heavy atom. The number of aliphatic carboxylic acids is 1. The molecule has 39 heavy (non-hydrogen) atoms. The van der Waals surface area contributed by atoms with Crippen molar-refractivity contribution in [1.82, 2.24) is 14.5 Å². The van der Waals surface area contributed by atoms with Crippen LogP contribution in [0.25, 0.3) is 32.9 Å². The summed E-state index contributed by atoms with van der Waals surface area (Å²) in [5.41, 5.74) is 6.55. The average Bonchev–Trinajstić information content (AvgIpc) is 3.23. The number of hydrogen-bond acceptors (Lipinski definition) is 7. The summed E-state index contributed by atoms with van der Waals surface area (Å²) in [5.74, 6) is -2.41. The second-order valence-corrected chi connectivity index (χ2v) is 8.19. The van der Waals surface area contributed by atoms with E-state index in [-0.39, 0.29) is 37.8 Å². The van der Waals surface area contributed by atoms with Crippen molar-refractivity contribution in [3.63, 3.8) is 0 Å². The van der Waals surface area contributed by atoms with Crippen molar-refractivity contribution in [2.75, 3.05) is 36.9 Å². The number of aliphatic hydroxyl groups excluding tert-OH is 2. The summed E-state index contributed by atoms with van der Waals surface area (Å²) in [6, 6.07) is 8.78. The Morgan fingerprint density at radius 2 is 1.59 bits per heavy atom. The van der Waals surface area contributed by atoms with E-state index in [0.717, 1.165) is 6.07 Å². The van der Waals surface area contributed by atoms with E-state index in [1.165, 1.54) is 12.1 Å². The zero-order valence-electron chi connectivity index (χ0n) is 20.3. The van der Waals surface area contributed by atoms with Crippen molar-refractivity contribution in [2.24, 2.45) is 7.05 Å². The van der Waals surface area contributed by atoms with Gasteiger partial charge < -0.3 is 30.5 Å². The molecule has 0 amide bonds. The quantitative estimate of drug-likeness (QED) is 0.262. The van der Waals surface area contributed by atoms with Crippen LogP contribution in [0.3, 0.4) is 0 Å². The van der Waals surface area contributed by atoms with Crippen LogP contribution in [0.4, 0.5) is 38.1 Å². The van der Waals surface area contributed by atoms with Crippen LogP contribution in [0.5, 0.6) is 0 Å². The molecule has 2 heterocycles. The fourth-order valence-electron chi connectivity index (χ4n) is 4.08. The van der Waals surface area contributed by atoms with Crippen LogP contribution < -0.4 is 10.6 Å². The minimum absolute atomic E-state index is 0.0370. The van der Waals surface area contributed by atoms with E-state index in [0.29, 0.717) is 33.2 Å².